The Morgan fingerprint density at radius 3 is 2.40 bits per heavy atom. The van der Waals surface area contributed by atoms with Crippen molar-refractivity contribution in [2.45, 2.75) is 32.6 Å². The van der Waals surface area contributed by atoms with Gasteiger partial charge >= 0.3 is 6.18 Å². The second-order valence-electron chi connectivity index (χ2n) is 3.57. The fourth-order valence-electron chi connectivity index (χ4n) is 1.01. The van der Waals surface area contributed by atoms with Crippen molar-refractivity contribution in [3.63, 3.8) is 0 Å². The van der Waals surface area contributed by atoms with E-state index in [-0.39, 0.29) is 6.04 Å². The Kier molecular flexibility index (Phi) is 3.68. The van der Waals surface area contributed by atoms with Crippen LogP contribution in [0.5, 0.6) is 0 Å². The fourth-order valence-corrected chi connectivity index (χ4v) is 1.01. The zero-order chi connectivity index (χ0) is 11.5. The monoisotopic (exact) mass is 218 g/mol. The standard InChI is InChI=1S/C10H13F3N2/c1-7(2)14-6-9-4-3-8(5-15-9)10(11,12)13/h3-5,7,14H,6H2,1-2H3. The van der Waals surface area contributed by atoms with E-state index in [2.05, 4.69) is 10.3 Å². The van der Waals surface area contributed by atoms with Crippen molar-refractivity contribution in [3.8, 4) is 0 Å². The van der Waals surface area contributed by atoms with Crippen molar-refractivity contribution in [1.29, 1.82) is 0 Å². The Morgan fingerprint density at radius 1 is 1.33 bits per heavy atom. The van der Waals surface area contributed by atoms with Crippen LogP contribution < -0.4 is 5.32 Å². The number of nitrogens with zero attached hydrogens (tertiary/aromatic N) is 1. The summed E-state index contributed by atoms with van der Waals surface area (Å²) in [5, 5.41) is 3.08. The topological polar surface area (TPSA) is 24.9 Å². The lowest BCUT2D eigenvalue weighted by molar-refractivity contribution is -0.137. The summed E-state index contributed by atoms with van der Waals surface area (Å²) < 4.78 is 36.5. The first-order valence-electron chi connectivity index (χ1n) is 4.65. The zero-order valence-corrected chi connectivity index (χ0v) is 8.60. The van der Waals surface area contributed by atoms with Gasteiger partial charge in [0, 0.05) is 18.8 Å². The van der Waals surface area contributed by atoms with Gasteiger partial charge < -0.3 is 5.32 Å². The van der Waals surface area contributed by atoms with Gasteiger partial charge in [-0.3, -0.25) is 4.98 Å². The smallest absolute Gasteiger partial charge is 0.309 e. The van der Waals surface area contributed by atoms with Gasteiger partial charge in [0.2, 0.25) is 0 Å². The minimum absolute atomic E-state index is 0.286. The fraction of sp³-hybridized carbons (Fsp3) is 0.500. The van der Waals surface area contributed by atoms with Gasteiger partial charge in [-0.1, -0.05) is 13.8 Å². The van der Waals surface area contributed by atoms with Crippen molar-refractivity contribution in [2.75, 3.05) is 0 Å². The Labute approximate surface area is 86.5 Å². The Balaban J connectivity index is 2.65. The van der Waals surface area contributed by atoms with Crippen LogP contribution in [0.1, 0.15) is 25.1 Å². The Hall–Kier alpha value is -1.10. The maximum absolute atomic E-state index is 12.2. The maximum atomic E-state index is 12.2. The lowest BCUT2D eigenvalue weighted by Gasteiger charge is -2.09. The van der Waals surface area contributed by atoms with Crippen LogP contribution >= 0.6 is 0 Å². The van der Waals surface area contributed by atoms with Crippen LogP contribution in [-0.4, -0.2) is 11.0 Å². The third kappa shape index (κ3) is 3.87. The third-order valence-corrected chi connectivity index (χ3v) is 1.84. The molecule has 0 unspecified atom stereocenters. The second kappa shape index (κ2) is 4.61. The predicted molar refractivity (Wildman–Crippen MR) is 51.2 cm³/mol. The number of hydrogen-bond acceptors (Lipinski definition) is 2. The lowest BCUT2D eigenvalue weighted by Crippen LogP contribution is -2.22. The van der Waals surface area contributed by atoms with Gasteiger partial charge in [-0.15, -0.1) is 0 Å². The molecule has 5 heteroatoms. The number of rotatable bonds is 3. The molecule has 0 atom stereocenters. The number of aromatic nitrogens is 1. The van der Waals surface area contributed by atoms with E-state index in [0.717, 1.165) is 12.3 Å². The van der Waals surface area contributed by atoms with Crippen molar-refractivity contribution < 1.29 is 13.2 Å². The minimum atomic E-state index is -4.31. The zero-order valence-electron chi connectivity index (χ0n) is 8.60. The van der Waals surface area contributed by atoms with Gasteiger partial charge in [0.05, 0.1) is 11.3 Å². The van der Waals surface area contributed by atoms with Gasteiger partial charge in [0.25, 0.3) is 0 Å². The Bertz CT molecular complexity index is 303. The molecule has 1 aromatic heterocycles. The number of hydrogen-bond donors (Lipinski definition) is 1. The van der Waals surface area contributed by atoms with Crippen LogP contribution in [0.4, 0.5) is 13.2 Å². The first-order chi connectivity index (χ1) is 6.89. The molecule has 84 valence electrons. The van der Waals surface area contributed by atoms with Gasteiger partial charge in [-0.25, -0.2) is 0 Å². The highest BCUT2D eigenvalue weighted by molar-refractivity contribution is 5.16. The Morgan fingerprint density at radius 2 is 2.00 bits per heavy atom. The van der Waals surface area contributed by atoms with Crippen LogP contribution in [0, 0.1) is 0 Å². The molecule has 0 aliphatic carbocycles. The van der Waals surface area contributed by atoms with Gasteiger partial charge in [0.15, 0.2) is 0 Å². The van der Waals surface area contributed by atoms with Crippen LogP contribution in [0.25, 0.3) is 0 Å². The van der Waals surface area contributed by atoms with Gasteiger partial charge in [-0.2, -0.15) is 13.2 Å². The molecule has 0 aromatic carbocycles. The SMILES string of the molecule is CC(C)NCc1ccc(C(F)(F)F)cn1. The molecule has 1 N–H and O–H groups in total. The average Bonchev–Trinajstić information content (AvgIpc) is 2.14. The van der Waals surface area contributed by atoms with E-state index in [1.165, 1.54) is 6.07 Å². The molecule has 1 heterocycles. The number of nitrogens with one attached hydrogen (secondary N) is 1. The first-order valence-corrected chi connectivity index (χ1v) is 4.65. The molecule has 15 heavy (non-hydrogen) atoms. The molecular weight excluding hydrogens is 205 g/mol. The highest BCUT2D eigenvalue weighted by Crippen LogP contribution is 2.28. The molecular formula is C10H13F3N2. The minimum Gasteiger partial charge on any atom is -0.309 e. The summed E-state index contributed by atoms with van der Waals surface area (Å²) in [4.78, 5) is 3.73. The summed E-state index contributed by atoms with van der Waals surface area (Å²) in [7, 11) is 0. The van der Waals surface area contributed by atoms with E-state index in [0.29, 0.717) is 12.2 Å². The van der Waals surface area contributed by atoms with E-state index in [9.17, 15) is 13.2 Å². The molecule has 0 saturated heterocycles. The van der Waals surface area contributed by atoms with Crippen LogP contribution in [0.15, 0.2) is 18.3 Å². The van der Waals surface area contributed by atoms with Crippen LogP contribution in [-0.2, 0) is 12.7 Å². The van der Waals surface area contributed by atoms with Crippen molar-refractivity contribution in [1.82, 2.24) is 10.3 Å². The number of pyridine rings is 1. The summed E-state index contributed by atoms with van der Waals surface area (Å²) in [6, 6.07) is 2.72. The van der Waals surface area contributed by atoms with Crippen LogP contribution in [0.2, 0.25) is 0 Å². The molecule has 0 bridgehead atoms. The molecule has 0 spiro atoms. The molecule has 0 fully saturated rings. The maximum Gasteiger partial charge on any atom is 0.417 e. The van der Waals surface area contributed by atoms with E-state index >= 15 is 0 Å². The third-order valence-electron chi connectivity index (χ3n) is 1.84. The summed E-state index contributed by atoms with van der Waals surface area (Å²) in [5.41, 5.74) is -0.104. The number of halogens is 3. The summed E-state index contributed by atoms with van der Waals surface area (Å²) >= 11 is 0. The molecule has 2 nitrogen and oxygen atoms in total. The quantitative estimate of drug-likeness (QED) is 0.843. The molecule has 1 rings (SSSR count). The summed E-state index contributed by atoms with van der Waals surface area (Å²) in [6.45, 7) is 4.41. The highest BCUT2D eigenvalue weighted by atomic mass is 19.4. The summed E-state index contributed by atoms with van der Waals surface area (Å²) in [6.07, 6.45) is -3.45. The van der Waals surface area contributed by atoms with E-state index in [4.69, 9.17) is 0 Å². The highest BCUT2D eigenvalue weighted by Gasteiger charge is 2.30. The summed E-state index contributed by atoms with van der Waals surface area (Å²) in [5.74, 6) is 0. The average molecular weight is 218 g/mol. The molecule has 1 aromatic rings. The molecule has 0 aliphatic rings. The predicted octanol–water partition coefficient (Wildman–Crippen LogP) is 2.60. The van der Waals surface area contributed by atoms with E-state index in [1.807, 2.05) is 13.8 Å². The largest absolute Gasteiger partial charge is 0.417 e. The van der Waals surface area contributed by atoms with E-state index in [1.54, 1.807) is 0 Å². The van der Waals surface area contributed by atoms with Crippen molar-refractivity contribution in [3.05, 3.63) is 29.6 Å². The molecule has 0 amide bonds. The number of alkyl halides is 3. The normalized spacial score (nSPS) is 12.1. The first kappa shape index (κ1) is 12.0. The van der Waals surface area contributed by atoms with Crippen molar-refractivity contribution >= 4 is 0 Å². The molecule has 0 aliphatic heterocycles. The van der Waals surface area contributed by atoms with Crippen LogP contribution in [0.3, 0.4) is 0 Å². The van der Waals surface area contributed by atoms with Gasteiger partial charge in [-0.05, 0) is 12.1 Å². The van der Waals surface area contributed by atoms with Gasteiger partial charge in [0.1, 0.15) is 0 Å². The molecule has 0 saturated carbocycles. The van der Waals surface area contributed by atoms with Crippen molar-refractivity contribution in [2.24, 2.45) is 0 Å². The molecule has 0 radical (unpaired) electrons. The lowest BCUT2D eigenvalue weighted by atomic mass is 10.2. The second-order valence-corrected chi connectivity index (χ2v) is 3.57. The van der Waals surface area contributed by atoms with E-state index < -0.39 is 11.7 Å².